The molecular formula is C27H35N5O7S. The first-order valence-corrected chi connectivity index (χ1v) is 14.6. The van der Waals surface area contributed by atoms with Crippen molar-refractivity contribution < 1.29 is 32.6 Å². The Balaban J connectivity index is 1.49. The Kier molecular flexibility index (Phi) is 11.5. The van der Waals surface area contributed by atoms with Crippen molar-refractivity contribution in [3.05, 3.63) is 59.7 Å². The van der Waals surface area contributed by atoms with Crippen LogP contribution in [0.15, 0.2) is 58.4 Å². The van der Waals surface area contributed by atoms with Crippen LogP contribution in [0.25, 0.3) is 0 Å². The van der Waals surface area contributed by atoms with Gasteiger partial charge >= 0.3 is 5.97 Å². The van der Waals surface area contributed by atoms with E-state index < -0.39 is 34.5 Å². The van der Waals surface area contributed by atoms with Crippen molar-refractivity contribution >= 4 is 33.8 Å². The monoisotopic (exact) mass is 573 g/mol. The molecule has 2 amide bonds. The quantitative estimate of drug-likeness (QED) is 0.211. The average molecular weight is 574 g/mol. The van der Waals surface area contributed by atoms with E-state index in [0.717, 1.165) is 31.4 Å². The molecule has 0 aromatic heterocycles. The highest BCUT2D eigenvalue weighted by Crippen LogP contribution is 2.17. The summed E-state index contributed by atoms with van der Waals surface area (Å²) in [6.45, 7) is 3.51. The second-order valence-electron chi connectivity index (χ2n) is 9.15. The number of carbonyl (C=O) groups is 3. The van der Waals surface area contributed by atoms with Crippen LogP contribution >= 0.6 is 0 Å². The maximum atomic E-state index is 12.7. The summed E-state index contributed by atoms with van der Waals surface area (Å²) in [4.78, 5) is 40.5. The molecule has 1 aliphatic rings. The maximum absolute atomic E-state index is 12.7. The van der Waals surface area contributed by atoms with Crippen LogP contribution in [-0.4, -0.2) is 69.6 Å². The van der Waals surface area contributed by atoms with Crippen LogP contribution < -0.4 is 25.4 Å². The number of aliphatic imine (C=N–C) groups is 1. The number of aliphatic carboxylic acids is 1. The summed E-state index contributed by atoms with van der Waals surface area (Å²) in [5, 5.41) is 17.7. The van der Waals surface area contributed by atoms with E-state index in [0.29, 0.717) is 31.3 Å². The number of ether oxygens (including phenoxy) is 1. The first-order chi connectivity index (χ1) is 19.2. The normalized spacial score (nSPS) is 13.9. The largest absolute Gasteiger partial charge is 0.494 e. The topological polar surface area (TPSA) is 175 Å². The minimum absolute atomic E-state index is 0.125. The highest BCUT2D eigenvalue weighted by Gasteiger charge is 2.26. The van der Waals surface area contributed by atoms with Crippen LogP contribution in [0.1, 0.15) is 48.5 Å². The minimum atomic E-state index is -4.17. The van der Waals surface area contributed by atoms with Crippen molar-refractivity contribution in [1.82, 2.24) is 20.7 Å². The van der Waals surface area contributed by atoms with E-state index >= 15 is 0 Å². The van der Waals surface area contributed by atoms with Crippen LogP contribution in [0.3, 0.4) is 0 Å². The second kappa shape index (κ2) is 15.0. The van der Waals surface area contributed by atoms with E-state index in [1.165, 1.54) is 24.3 Å². The highest BCUT2D eigenvalue weighted by molar-refractivity contribution is 7.89. The average Bonchev–Trinajstić information content (AvgIpc) is 2.95. The number of nitrogens with zero attached hydrogens (tertiary/aromatic N) is 1. The molecule has 40 heavy (non-hydrogen) atoms. The van der Waals surface area contributed by atoms with Crippen molar-refractivity contribution in [2.24, 2.45) is 4.99 Å². The number of hydrogen-bond acceptors (Lipinski definition) is 8. The maximum Gasteiger partial charge on any atom is 0.323 e. The fourth-order valence-electron chi connectivity index (χ4n) is 3.67. The van der Waals surface area contributed by atoms with Gasteiger partial charge in [-0.1, -0.05) is 25.5 Å². The number of rotatable bonds is 14. The van der Waals surface area contributed by atoms with Gasteiger partial charge in [0.05, 0.1) is 11.5 Å². The molecule has 1 atom stereocenters. The van der Waals surface area contributed by atoms with Gasteiger partial charge in [-0.2, -0.15) is 4.72 Å². The lowest BCUT2D eigenvalue weighted by Crippen LogP contribution is -2.48. The van der Waals surface area contributed by atoms with E-state index in [9.17, 15) is 27.9 Å². The number of carboxylic acids is 1. The number of aryl methyl sites for hydroxylation is 1. The van der Waals surface area contributed by atoms with Crippen molar-refractivity contribution in [3.8, 4) is 5.75 Å². The summed E-state index contributed by atoms with van der Waals surface area (Å²) in [6.07, 6.45) is 3.45. The number of guanidine groups is 1. The molecule has 0 unspecified atom stereocenters. The zero-order valence-electron chi connectivity index (χ0n) is 22.3. The number of carbonyl (C=O) groups excluding carboxylic acids is 2. The Morgan fingerprint density at radius 1 is 1.10 bits per heavy atom. The molecule has 13 heteroatoms. The molecule has 5 N–H and O–H groups in total. The number of sulfonamides is 1. The molecule has 0 fully saturated rings. The van der Waals surface area contributed by atoms with Gasteiger partial charge in [0.15, 0.2) is 5.96 Å². The first kappa shape index (κ1) is 30.6. The highest BCUT2D eigenvalue weighted by atomic mass is 32.2. The van der Waals surface area contributed by atoms with Gasteiger partial charge < -0.3 is 20.5 Å². The fraction of sp³-hybridized carbons (Fsp3) is 0.407. The Morgan fingerprint density at radius 2 is 1.82 bits per heavy atom. The minimum Gasteiger partial charge on any atom is -0.494 e. The van der Waals surface area contributed by atoms with Crippen molar-refractivity contribution in [3.63, 3.8) is 0 Å². The number of benzene rings is 2. The van der Waals surface area contributed by atoms with E-state index in [-0.39, 0.29) is 22.8 Å². The van der Waals surface area contributed by atoms with E-state index in [4.69, 9.17) is 4.74 Å². The zero-order valence-corrected chi connectivity index (χ0v) is 23.1. The van der Waals surface area contributed by atoms with Gasteiger partial charge in [-0.3, -0.25) is 24.7 Å². The van der Waals surface area contributed by atoms with E-state index in [1.54, 1.807) is 24.3 Å². The van der Waals surface area contributed by atoms with Crippen LogP contribution in [0.2, 0.25) is 0 Å². The zero-order chi connectivity index (χ0) is 29.0. The molecule has 0 spiro atoms. The van der Waals surface area contributed by atoms with Crippen molar-refractivity contribution in [1.29, 1.82) is 0 Å². The Bertz CT molecular complexity index is 1300. The van der Waals surface area contributed by atoms with Crippen LogP contribution in [-0.2, 0) is 26.0 Å². The number of nitrogens with one attached hydrogen (secondary N) is 4. The number of carboxylic acid groups (broad SMARTS) is 1. The van der Waals surface area contributed by atoms with Gasteiger partial charge in [0.1, 0.15) is 11.8 Å². The Labute approximate surface area is 233 Å². The third-order valence-corrected chi connectivity index (χ3v) is 7.46. The lowest BCUT2D eigenvalue weighted by Gasteiger charge is -2.16. The molecular weight excluding hydrogens is 538 g/mol. The Hall–Kier alpha value is -3.97. The fourth-order valence-corrected chi connectivity index (χ4v) is 4.86. The molecule has 12 nitrogen and oxygen atoms in total. The predicted molar refractivity (Wildman–Crippen MR) is 149 cm³/mol. The third kappa shape index (κ3) is 9.65. The lowest BCUT2D eigenvalue weighted by molar-refractivity contribution is -0.138. The second-order valence-corrected chi connectivity index (χ2v) is 10.9. The summed E-state index contributed by atoms with van der Waals surface area (Å²) in [6, 6.07) is 10.6. The van der Waals surface area contributed by atoms with Crippen molar-refractivity contribution in [2.75, 3.05) is 26.2 Å². The molecule has 0 aliphatic carbocycles. The van der Waals surface area contributed by atoms with Crippen LogP contribution in [0.4, 0.5) is 0 Å². The summed E-state index contributed by atoms with van der Waals surface area (Å²) >= 11 is 0. The summed E-state index contributed by atoms with van der Waals surface area (Å²) in [5.41, 5.74) is 1.10. The molecule has 0 saturated heterocycles. The molecule has 0 saturated carbocycles. The first-order valence-electron chi connectivity index (χ1n) is 13.1. The number of amides is 2. The molecule has 1 aliphatic heterocycles. The van der Waals surface area contributed by atoms with Gasteiger partial charge in [0.25, 0.3) is 5.91 Å². The van der Waals surface area contributed by atoms with Crippen molar-refractivity contribution in [2.45, 2.75) is 50.0 Å². The van der Waals surface area contributed by atoms with Gasteiger partial charge in [0, 0.05) is 31.6 Å². The molecule has 2 aromatic rings. The molecule has 2 aromatic carbocycles. The smallest absolute Gasteiger partial charge is 0.323 e. The molecule has 3 rings (SSSR count). The Morgan fingerprint density at radius 3 is 2.45 bits per heavy atom. The molecule has 0 radical (unpaired) electrons. The predicted octanol–water partition coefficient (Wildman–Crippen LogP) is 1.43. The number of hydrogen-bond donors (Lipinski definition) is 5. The van der Waals surface area contributed by atoms with Crippen LogP contribution in [0.5, 0.6) is 5.75 Å². The third-order valence-electron chi connectivity index (χ3n) is 5.97. The number of unbranched alkanes of at least 4 members (excludes halogenated alkanes) is 1. The molecule has 0 bridgehead atoms. The van der Waals surface area contributed by atoms with Gasteiger partial charge in [0.2, 0.25) is 15.9 Å². The molecule has 216 valence electrons. The van der Waals surface area contributed by atoms with Gasteiger partial charge in [-0.05, 0) is 61.2 Å². The van der Waals surface area contributed by atoms with E-state index in [1.807, 2.05) is 6.92 Å². The van der Waals surface area contributed by atoms with Gasteiger partial charge in [-0.15, -0.1) is 0 Å². The SMILES string of the molecule is CCCCOc1ccc(S(=O)(=O)N[C@@H](CNC(=O)c2ccc(CCC(=O)NC3=NCCCN3)cc2)C(=O)O)cc1. The van der Waals surface area contributed by atoms with E-state index in [2.05, 4.69) is 25.7 Å². The standard InChI is InChI=1S/C27H35N5O7S/c1-2-3-17-39-21-10-12-22(13-11-21)40(37,38)32-23(26(35)36)18-30-25(34)20-8-5-19(6-9-20)7-14-24(33)31-27-28-15-4-16-29-27/h5-6,8-13,23,32H,2-4,7,14-18H2,1H3,(H,30,34)(H,35,36)(H2,28,29,31,33)/t23-/m0/s1. The lowest BCUT2D eigenvalue weighted by atomic mass is 10.1. The van der Waals surface area contributed by atoms with Gasteiger partial charge in [-0.25, -0.2) is 8.42 Å². The summed E-state index contributed by atoms with van der Waals surface area (Å²) in [7, 11) is -4.17. The molecule has 1 heterocycles. The summed E-state index contributed by atoms with van der Waals surface area (Å²) in [5.74, 6) is -1.18. The summed E-state index contributed by atoms with van der Waals surface area (Å²) < 4.78 is 33.1. The van der Waals surface area contributed by atoms with Crippen LogP contribution in [0, 0.1) is 0 Å².